The lowest BCUT2D eigenvalue weighted by molar-refractivity contribution is -0.140. The molecule has 1 fully saturated rings. The average molecular weight is 482 g/mol. The highest BCUT2D eigenvalue weighted by Gasteiger charge is 2.46. The maximum atomic E-state index is 13.3. The number of carbonyl (C=O) groups excluding carboxylic acids is 2. The third-order valence-electron chi connectivity index (χ3n) is 6.09. The Morgan fingerprint density at radius 3 is 2.31 bits per heavy atom. The van der Waals surface area contributed by atoms with Crippen LogP contribution < -0.4 is 9.47 Å². The van der Waals surface area contributed by atoms with E-state index in [9.17, 15) is 14.7 Å². The number of benzene rings is 2. The molecule has 0 bridgehead atoms. The van der Waals surface area contributed by atoms with Crippen molar-refractivity contribution in [3.05, 3.63) is 64.7 Å². The third-order valence-corrected chi connectivity index (χ3v) is 6.09. The lowest BCUT2D eigenvalue weighted by Gasteiger charge is -2.26. The summed E-state index contributed by atoms with van der Waals surface area (Å²) in [5.41, 5.74) is 2.03. The Kier molecular flexibility index (Phi) is 8.57. The van der Waals surface area contributed by atoms with Gasteiger partial charge in [0, 0.05) is 24.3 Å². The second kappa shape index (κ2) is 11.4. The molecule has 0 spiro atoms. The van der Waals surface area contributed by atoms with Crippen LogP contribution in [0.3, 0.4) is 0 Å². The summed E-state index contributed by atoms with van der Waals surface area (Å²) in [4.78, 5) is 28.0. The van der Waals surface area contributed by atoms with Gasteiger partial charge in [0.15, 0.2) is 0 Å². The number of Topliss-reactive ketones (excluding diaryl/α,β-unsaturated/α-hetero) is 1. The van der Waals surface area contributed by atoms with Gasteiger partial charge < -0.3 is 24.2 Å². The summed E-state index contributed by atoms with van der Waals surface area (Å²) >= 11 is 0. The van der Waals surface area contributed by atoms with Gasteiger partial charge in [-0.25, -0.2) is 0 Å². The van der Waals surface area contributed by atoms with E-state index in [1.54, 1.807) is 32.4 Å². The van der Waals surface area contributed by atoms with Crippen molar-refractivity contribution in [2.75, 3.05) is 27.4 Å². The molecule has 2 aromatic carbocycles. The Morgan fingerprint density at radius 1 is 1.00 bits per heavy atom. The summed E-state index contributed by atoms with van der Waals surface area (Å²) in [6, 6.07) is 11.7. The van der Waals surface area contributed by atoms with Gasteiger partial charge in [-0.1, -0.05) is 32.0 Å². The van der Waals surface area contributed by atoms with Crippen LogP contribution in [-0.4, -0.2) is 55.2 Å². The van der Waals surface area contributed by atoms with E-state index in [4.69, 9.17) is 14.2 Å². The number of para-hydroxylation sites is 1. The first-order valence-corrected chi connectivity index (χ1v) is 11.9. The Morgan fingerprint density at radius 2 is 1.69 bits per heavy atom. The number of rotatable bonds is 10. The van der Waals surface area contributed by atoms with Crippen LogP contribution >= 0.6 is 0 Å². The Labute approximate surface area is 207 Å². The Balaban J connectivity index is 2.13. The van der Waals surface area contributed by atoms with Gasteiger partial charge in [-0.2, -0.15) is 0 Å². The molecule has 1 amide bonds. The van der Waals surface area contributed by atoms with Gasteiger partial charge in [-0.05, 0) is 56.0 Å². The minimum absolute atomic E-state index is 0.0455. The van der Waals surface area contributed by atoms with Gasteiger partial charge in [0.1, 0.15) is 17.3 Å². The second-order valence-corrected chi connectivity index (χ2v) is 9.12. The van der Waals surface area contributed by atoms with Gasteiger partial charge in [-0.15, -0.1) is 0 Å². The summed E-state index contributed by atoms with van der Waals surface area (Å²) in [6.07, 6.45) is 0.623. The van der Waals surface area contributed by atoms with E-state index in [1.807, 2.05) is 52.0 Å². The highest BCUT2D eigenvalue weighted by molar-refractivity contribution is 6.46. The Bertz CT molecular complexity index is 1100. The molecule has 2 aromatic rings. The monoisotopic (exact) mass is 481 g/mol. The molecule has 0 aliphatic carbocycles. The number of amides is 1. The summed E-state index contributed by atoms with van der Waals surface area (Å²) in [5, 5.41) is 11.4. The van der Waals surface area contributed by atoms with Crippen LogP contribution in [0.2, 0.25) is 0 Å². The first-order chi connectivity index (χ1) is 16.7. The highest BCUT2D eigenvalue weighted by Crippen LogP contribution is 2.43. The summed E-state index contributed by atoms with van der Waals surface area (Å²) in [7, 11) is 3.14. The van der Waals surface area contributed by atoms with Crippen molar-refractivity contribution in [2.24, 2.45) is 0 Å². The van der Waals surface area contributed by atoms with Gasteiger partial charge >= 0.3 is 0 Å². The van der Waals surface area contributed by atoms with Crippen molar-refractivity contribution in [3.8, 4) is 11.5 Å². The maximum absolute atomic E-state index is 13.3. The lowest BCUT2D eigenvalue weighted by Crippen LogP contribution is -2.31. The van der Waals surface area contributed by atoms with Crippen molar-refractivity contribution in [1.82, 2.24) is 4.90 Å². The van der Waals surface area contributed by atoms with Gasteiger partial charge in [-0.3, -0.25) is 9.59 Å². The zero-order chi connectivity index (χ0) is 25.7. The van der Waals surface area contributed by atoms with E-state index in [0.29, 0.717) is 42.2 Å². The van der Waals surface area contributed by atoms with E-state index >= 15 is 0 Å². The zero-order valence-electron chi connectivity index (χ0n) is 21.3. The van der Waals surface area contributed by atoms with Crippen molar-refractivity contribution >= 4 is 17.4 Å². The quantitative estimate of drug-likeness (QED) is 0.221. The van der Waals surface area contributed by atoms with Crippen LogP contribution in [0.25, 0.3) is 5.76 Å². The first-order valence-electron chi connectivity index (χ1n) is 11.9. The van der Waals surface area contributed by atoms with Crippen molar-refractivity contribution in [2.45, 2.75) is 52.2 Å². The molecule has 1 aliphatic rings. The average Bonchev–Trinajstić information content (AvgIpc) is 3.10. The second-order valence-electron chi connectivity index (χ2n) is 9.12. The van der Waals surface area contributed by atoms with Crippen molar-refractivity contribution in [1.29, 1.82) is 0 Å². The fraction of sp³-hybridized carbons (Fsp3) is 0.429. The topological polar surface area (TPSA) is 85.3 Å². The van der Waals surface area contributed by atoms with Crippen LogP contribution in [-0.2, 0) is 14.3 Å². The standard InChI is InChI=1S/C28H35NO6/c1-17(2)21-16-19(12-13-23(21)34-6)26(30)24-25(20-10-7-8-11-22(20)33-5)29(28(32)27(24)31)14-9-15-35-18(3)4/h7-8,10-13,16-18,25,30H,9,14-15H2,1-6H3/b26-24+. The molecule has 0 aromatic heterocycles. The largest absolute Gasteiger partial charge is 0.507 e. The molecule has 3 rings (SSSR count). The number of likely N-dealkylation sites (tertiary alicyclic amines) is 1. The molecule has 188 valence electrons. The number of aliphatic hydroxyl groups is 1. The van der Waals surface area contributed by atoms with Crippen molar-refractivity contribution in [3.63, 3.8) is 0 Å². The molecule has 1 unspecified atom stereocenters. The number of ether oxygens (including phenoxy) is 3. The van der Waals surface area contributed by atoms with Crippen LogP contribution in [0.1, 0.15) is 62.8 Å². The minimum Gasteiger partial charge on any atom is -0.507 e. The number of methoxy groups -OCH3 is 2. The third kappa shape index (κ3) is 5.51. The van der Waals surface area contributed by atoms with E-state index in [-0.39, 0.29) is 23.4 Å². The van der Waals surface area contributed by atoms with Crippen LogP contribution in [0.15, 0.2) is 48.0 Å². The highest BCUT2D eigenvalue weighted by atomic mass is 16.5. The van der Waals surface area contributed by atoms with Crippen LogP contribution in [0.5, 0.6) is 11.5 Å². The predicted octanol–water partition coefficient (Wildman–Crippen LogP) is 5.06. The molecule has 7 nitrogen and oxygen atoms in total. The molecule has 1 heterocycles. The van der Waals surface area contributed by atoms with Gasteiger partial charge in [0.25, 0.3) is 11.7 Å². The van der Waals surface area contributed by atoms with E-state index in [1.165, 1.54) is 4.90 Å². The lowest BCUT2D eigenvalue weighted by atomic mass is 9.92. The number of hydrogen-bond donors (Lipinski definition) is 1. The van der Waals surface area contributed by atoms with Crippen LogP contribution in [0, 0.1) is 0 Å². The normalized spacial score (nSPS) is 17.5. The number of ketones is 1. The van der Waals surface area contributed by atoms with E-state index in [0.717, 1.165) is 5.56 Å². The molecule has 1 atom stereocenters. The molecule has 35 heavy (non-hydrogen) atoms. The van der Waals surface area contributed by atoms with Gasteiger partial charge in [0.05, 0.1) is 31.9 Å². The van der Waals surface area contributed by atoms with Gasteiger partial charge in [0.2, 0.25) is 0 Å². The van der Waals surface area contributed by atoms with Crippen molar-refractivity contribution < 1.29 is 28.9 Å². The Hall–Kier alpha value is -3.32. The maximum Gasteiger partial charge on any atom is 0.295 e. The smallest absolute Gasteiger partial charge is 0.295 e. The molecular weight excluding hydrogens is 446 g/mol. The van der Waals surface area contributed by atoms with E-state index < -0.39 is 17.7 Å². The number of aliphatic hydroxyl groups excluding tert-OH is 1. The predicted molar refractivity (Wildman–Crippen MR) is 135 cm³/mol. The minimum atomic E-state index is -0.783. The fourth-order valence-electron chi connectivity index (χ4n) is 4.37. The number of carbonyl (C=O) groups is 2. The molecule has 1 aliphatic heterocycles. The molecular formula is C28H35NO6. The summed E-state index contributed by atoms with van der Waals surface area (Å²) < 4.78 is 16.6. The molecule has 0 radical (unpaired) electrons. The number of nitrogens with zero attached hydrogens (tertiary/aromatic N) is 1. The van der Waals surface area contributed by atoms with E-state index in [2.05, 4.69) is 0 Å². The number of hydrogen-bond acceptors (Lipinski definition) is 6. The zero-order valence-corrected chi connectivity index (χ0v) is 21.3. The first kappa shape index (κ1) is 26.3. The SMILES string of the molecule is COc1ccc(/C(O)=C2\C(=O)C(=O)N(CCCOC(C)C)C2c2ccccc2OC)cc1C(C)C. The molecule has 1 saturated heterocycles. The summed E-state index contributed by atoms with van der Waals surface area (Å²) in [5.74, 6) is -0.222. The molecule has 1 N–H and O–H groups in total. The summed E-state index contributed by atoms with van der Waals surface area (Å²) in [6.45, 7) is 8.69. The fourth-order valence-corrected chi connectivity index (χ4v) is 4.37. The molecule has 7 heteroatoms. The van der Waals surface area contributed by atoms with Crippen LogP contribution in [0.4, 0.5) is 0 Å². The molecule has 0 saturated carbocycles.